The van der Waals surface area contributed by atoms with Crippen LogP contribution in [0, 0.1) is 13.8 Å². The van der Waals surface area contributed by atoms with Crippen molar-refractivity contribution in [3.8, 4) is 5.75 Å². The Hall–Kier alpha value is -3.35. The lowest BCUT2D eigenvalue weighted by Crippen LogP contribution is -2.26. The van der Waals surface area contributed by atoms with Gasteiger partial charge in [0.15, 0.2) is 0 Å². The van der Waals surface area contributed by atoms with Crippen molar-refractivity contribution in [2.24, 2.45) is 0 Å². The first-order chi connectivity index (χ1) is 14.0. The second kappa shape index (κ2) is 9.23. The van der Waals surface area contributed by atoms with Crippen molar-refractivity contribution in [3.05, 3.63) is 59.0 Å². The van der Waals surface area contributed by atoms with Crippen molar-refractivity contribution in [1.82, 2.24) is 15.3 Å². The number of pyridine rings is 1. The third-order valence-electron chi connectivity index (χ3n) is 4.60. The molecular formula is C22H25N3O4. The average Bonchev–Trinajstić information content (AvgIpc) is 3.02. The molecule has 0 radical (unpaired) electrons. The second-order valence-corrected chi connectivity index (χ2v) is 6.63. The first kappa shape index (κ1) is 20.4. The van der Waals surface area contributed by atoms with Gasteiger partial charge < -0.3 is 19.8 Å². The van der Waals surface area contributed by atoms with E-state index in [0.717, 1.165) is 16.7 Å². The summed E-state index contributed by atoms with van der Waals surface area (Å²) in [7, 11) is 0. The number of hydrogen-bond acceptors (Lipinski definition) is 5. The largest absolute Gasteiger partial charge is 0.491 e. The lowest BCUT2D eigenvalue weighted by molar-refractivity contribution is 0.0525. The van der Waals surface area contributed by atoms with Crippen LogP contribution in [0.3, 0.4) is 0 Å². The topological polar surface area (TPSA) is 93.3 Å². The summed E-state index contributed by atoms with van der Waals surface area (Å²) in [6.45, 7) is 6.43. The molecule has 0 atom stereocenters. The molecule has 0 fully saturated rings. The number of ether oxygens (including phenoxy) is 2. The van der Waals surface area contributed by atoms with E-state index in [-0.39, 0.29) is 12.5 Å². The maximum atomic E-state index is 12.5. The number of fused-ring (bicyclic) bond motifs is 1. The zero-order valence-corrected chi connectivity index (χ0v) is 16.9. The van der Waals surface area contributed by atoms with Crippen LogP contribution in [0.4, 0.5) is 0 Å². The van der Waals surface area contributed by atoms with Crippen molar-refractivity contribution < 1.29 is 19.1 Å². The summed E-state index contributed by atoms with van der Waals surface area (Å²) >= 11 is 0. The lowest BCUT2D eigenvalue weighted by atomic mass is 10.1. The highest BCUT2D eigenvalue weighted by atomic mass is 16.5. The van der Waals surface area contributed by atoms with Gasteiger partial charge in [0.1, 0.15) is 17.0 Å². The zero-order chi connectivity index (χ0) is 20.8. The molecule has 1 amide bonds. The molecular weight excluding hydrogens is 370 g/mol. The Bertz CT molecular complexity index is 1020. The van der Waals surface area contributed by atoms with Crippen molar-refractivity contribution in [2.45, 2.75) is 27.2 Å². The molecule has 0 unspecified atom stereocenters. The summed E-state index contributed by atoms with van der Waals surface area (Å²) in [5, 5.41) is 3.88. The van der Waals surface area contributed by atoms with E-state index in [1.165, 1.54) is 0 Å². The first-order valence-electron chi connectivity index (χ1n) is 9.64. The second-order valence-electron chi connectivity index (χ2n) is 6.63. The van der Waals surface area contributed by atoms with Gasteiger partial charge in [0.25, 0.3) is 5.91 Å². The highest BCUT2D eigenvalue weighted by Crippen LogP contribution is 2.23. The Labute approximate surface area is 169 Å². The highest BCUT2D eigenvalue weighted by Gasteiger charge is 2.22. The van der Waals surface area contributed by atoms with Gasteiger partial charge in [-0.25, -0.2) is 4.79 Å². The normalized spacial score (nSPS) is 10.7. The Balaban J connectivity index is 1.53. The van der Waals surface area contributed by atoms with E-state index in [9.17, 15) is 9.59 Å². The van der Waals surface area contributed by atoms with Crippen molar-refractivity contribution in [1.29, 1.82) is 0 Å². The maximum Gasteiger partial charge on any atom is 0.340 e. The van der Waals surface area contributed by atoms with E-state index in [2.05, 4.69) is 15.3 Å². The van der Waals surface area contributed by atoms with Crippen LogP contribution in [0.1, 0.15) is 45.4 Å². The molecule has 0 aliphatic carbocycles. The Morgan fingerprint density at radius 3 is 2.76 bits per heavy atom. The molecule has 0 aliphatic heterocycles. The molecule has 7 heteroatoms. The van der Waals surface area contributed by atoms with Crippen molar-refractivity contribution >= 4 is 22.8 Å². The van der Waals surface area contributed by atoms with E-state index in [0.29, 0.717) is 42.1 Å². The standard InChI is InChI=1S/C22H25N3O4/c1-4-28-22(27)18-14(2)19(25-15(18)3)21(26)24-12-7-13-29-17-10-5-8-16-9-6-11-23-20(16)17/h5-6,8-11,25H,4,7,12-13H2,1-3H3,(H,24,26). The summed E-state index contributed by atoms with van der Waals surface area (Å²) in [5.41, 5.74) is 2.84. The van der Waals surface area contributed by atoms with Crippen LogP contribution in [0.2, 0.25) is 0 Å². The number of nitrogens with one attached hydrogen (secondary N) is 2. The molecule has 0 aliphatic rings. The lowest BCUT2D eigenvalue weighted by Gasteiger charge is -2.09. The number of hydrogen-bond donors (Lipinski definition) is 2. The van der Waals surface area contributed by atoms with Gasteiger partial charge in [-0.05, 0) is 44.9 Å². The van der Waals surface area contributed by atoms with Crippen LogP contribution < -0.4 is 10.1 Å². The molecule has 29 heavy (non-hydrogen) atoms. The number of H-pyrrole nitrogens is 1. The van der Waals surface area contributed by atoms with Gasteiger partial charge in [-0.15, -0.1) is 0 Å². The van der Waals surface area contributed by atoms with Crippen LogP contribution >= 0.6 is 0 Å². The van der Waals surface area contributed by atoms with Gasteiger partial charge in [0, 0.05) is 23.8 Å². The van der Waals surface area contributed by atoms with Gasteiger partial charge in [-0.2, -0.15) is 0 Å². The summed E-state index contributed by atoms with van der Waals surface area (Å²) in [6.07, 6.45) is 2.37. The van der Waals surface area contributed by atoms with E-state index >= 15 is 0 Å². The number of benzene rings is 1. The molecule has 0 spiro atoms. The summed E-state index contributed by atoms with van der Waals surface area (Å²) in [5.74, 6) is 0.0483. The summed E-state index contributed by atoms with van der Waals surface area (Å²) < 4.78 is 10.9. The molecule has 0 bridgehead atoms. The minimum atomic E-state index is -0.421. The van der Waals surface area contributed by atoms with Crippen LogP contribution in [0.5, 0.6) is 5.75 Å². The van der Waals surface area contributed by atoms with Gasteiger partial charge in [-0.3, -0.25) is 9.78 Å². The smallest absolute Gasteiger partial charge is 0.340 e. The minimum Gasteiger partial charge on any atom is -0.491 e. The van der Waals surface area contributed by atoms with E-state index in [1.807, 2.05) is 30.3 Å². The summed E-state index contributed by atoms with van der Waals surface area (Å²) in [4.78, 5) is 31.9. The van der Waals surface area contributed by atoms with Crippen LogP contribution in [0.25, 0.3) is 10.9 Å². The third-order valence-corrected chi connectivity index (χ3v) is 4.60. The molecule has 3 rings (SSSR count). The number of aryl methyl sites for hydroxylation is 1. The van der Waals surface area contributed by atoms with Gasteiger partial charge >= 0.3 is 5.97 Å². The molecule has 2 heterocycles. The number of carbonyl (C=O) groups excluding carboxylic acids is 2. The Morgan fingerprint density at radius 2 is 1.97 bits per heavy atom. The fraction of sp³-hybridized carbons (Fsp3) is 0.318. The predicted octanol–water partition coefficient (Wildman–Crippen LogP) is 3.56. The number of nitrogens with zero attached hydrogens (tertiary/aromatic N) is 1. The van der Waals surface area contributed by atoms with Gasteiger partial charge in [-0.1, -0.05) is 18.2 Å². The van der Waals surface area contributed by atoms with E-state index < -0.39 is 5.97 Å². The fourth-order valence-electron chi connectivity index (χ4n) is 3.22. The predicted molar refractivity (Wildman–Crippen MR) is 110 cm³/mol. The van der Waals surface area contributed by atoms with Crippen molar-refractivity contribution in [2.75, 3.05) is 19.8 Å². The molecule has 2 aromatic heterocycles. The minimum absolute atomic E-state index is 0.257. The van der Waals surface area contributed by atoms with Crippen LogP contribution in [-0.4, -0.2) is 41.6 Å². The van der Waals surface area contributed by atoms with Crippen molar-refractivity contribution in [3.63, 3.8) is 0 Å². The highest BCUT2D eigenvalue weighted by molar-refractivity contribution is 6.00. The molecule has 3 aromatic rings. The first-order valence-corrected chi connectivity index (χ1v) is 9.64. The van der Waals surface area contributed by atoms with Gasteiger partial charge in [0.05, 0.1) is 18.8 Å². The molecule has 0 saturated heterocycles. The average molecular weight is 395 g/mol. The third kappa shape index (κ3) is 4.56. The quantitative estimate of drug-likeness (QED) is 0.449. The number of aromatic nitrogens is 2. The molecule has 0 saturated carbocycles. The van der Waals surface area contributed by atoms with Crippen LogP contribution in [0.15, 0.2) is 36.5 Å². The maximum absolute atomic E-state index is 12.5. The number of amides is 1. The fourth-order valence-corrected chi connectivity index (χ4v) is 3.22. The Morgan fingerprint density at radius 1 is 1.17 bits per heavy atom. The van der Waals surface area contributed by atoms with Crippen LogP contribution in [-0.2, 0) is 4.74 Å². The number of para-hydroxylation sites is 1. The molecule has 7 nitrogen and oxygen atoms in total. The zero-order valence-electron chi connectivity index (χ0n) is 16.9. The number of carbonyl (C=O) groups is 2. The number of aromatic amines is 1. The Kier molecular flexibility index (Phi) is 6.49. The van der Waals surface area contributed by atoms with Gasteiger partial charge in [0.2, 0.25) is 0 Å². The summed E-state index contributed by atoms with van der Waals surface area (Å²) in [6, 6.07) is 9.68. The monoisotopic (exact) mass is 395 g/mol. The SMILES string of the molecule is CCOC(=O)c1c(C)[nH]c(C(=O)NCCCOc2cccc3cccnc23)c1C. The molecule has 2 N–H and O–H groups in total. The number of esters is 1. The number of rotatable bonds is 8. The van der Waals surface area contributed by atoms with E-state index in [1.54, 1.807) is 27.0 Å². The molecule has 152 valence electrons. The molecule has 1 aromatic carbocycles. The van der Waals surface area contributed by atoms with E-state index in [4.69, 9.17) is 9.47 Å².